The highest BCUT2D eigenvalue weighted by atomic mass is 17.3. The van der Waals surface area contributed by atoms with E-state index >= 15 is 0 Å². The first kappa shape index (κ1) is 38.2. The van der Waals surface area contributed by atoms with Gasteiger partial charge in [-0.2, -0.15) is 5.90 Å². The predicted octanol–water partition coefficient (Wildman–Crippen LogP) is 10.1. The molecule has 0 amide bonds. The zero-order valence-electron chi connectivity index (χ0n) is 29.7. The molecule has 6 nitrogen and oxygen atoms in total. The number of methoxy groups -OCH3 is 1. The van der Waals surface area contributed by atoms with Crippen molar-refractivity contribution in [1.82, 2.24) is 0 Å². The molecule has 6 unspecified atom stereocenters. The topological polar surface area (TPSA) is 72.2 Å². The summed E-state index contributed by atoms with van der Waals surface area (Å²) in [7, 11) is 1.89. The number of hydrogen-bond acceptors (Lipinski definition) is 6. The molecule has 3 aliphatic rings. The SMILES string of the molecule is CCCCCCCCCCOC1CCC(C2CCC(C3CC(OON)C(OC(C)CCCCCC)C(C)C3OC)CC2)CC1. The summed E-state index contributed by atoms with van der Waals surface area (Å²) in [4.78, 5) is 10.5. The second-order valence-corrected chi connectivity index (χ2v) is 15.0. The molecule has 3 fully saturated rings. The van der Waals surface area contributed by atoms with Crippen molar-refractivity contribution in [2.45, 2.75) is 199 Å². The van der Waals surface area contributed by atoms with Gasteiger partial charge >= 0.3 is 0 Å². The summed E-state index contributed by atoms with van der Waals surface area (Å²) in [6.45, 7) is 10.00. The van der Waals surface area contributed by atoms with Crippen LogP contribution in [-0.2, 0) is 24.1 Å². The van der Waals surface area contributed by atoms with Gasteiger partial charge in [-0.3, -0.25) is 0 Å². The smallest absolute Gasteiger partial charge is 0.122 e. The van der Waals surface area contributed by atoms with E-state index in [1.807, 2.05) is 7.11 Å². The average Bonchev–Trinajstić information content (AvgIpc) is 3.04. The Morgan fingerprint density at radius 3 is 1.82 bits per heavy atom. The van der Waals surface area contributed by atoms with Crippen LogP contribution in [0.4, 0.5) is 0 Å². The molecule has 0 saturated heterocycles. The predicted molar refractivity (Wildman–Crippen MR) is 181 cm³/mol. The van der Waals surface area contributed by atoms with Gasteiger partial charge in [0.2, 0.25) is 0 Å². The van der Waals surface area contributed by atoms with E-state index in [1.165, 1.54) is 128 Å². The normalized spacial score (nSPS) is 33.8. The third kappa shape index (κ3) is 12.8. The molecular weight excluding hydrogens is 550 g/mol. The summed E-state index contributed by atoms with van der Waals surface area (Å²) in [5.41, 5.74) is 0. The Kier molecular flexibility index (Phi) is 19.4. The average molecular weight is 624 g/mol. The molecule has 3 saturated carbocycles. The standard InChI is InChI=1S/C38H73NO5/c1-6-8-10-12-13-14-15-17-27-41-34-25-23-32(24-26-34)31-19-21-33(22-20-31)35-28-36(43-44-39)38(30(4)37(35)40-5)42-29(3)18-16-11-9-7-2/h29-38H,6-28,39H2,1-5H3. The van der Waals surface area contributed by atoms with Crippen LogP contribution < -0.4 is 5.90 Å². The summed E-state index contributed by atoms with van der Waals surface area (Å²) in [6, 6.07) is 0. The fourth-order valence-corrected chi connectivity index (χ4v) is 9.13. The highest BCUT2D eigenvalue weighted by Crippen LogP contribution is 2.47. The van der Waals surface area contributed by atoms with Gasteiger partial charge in [-0.1, -0.05) is 91.4 Å². The highest BCUT2D eigenvalue weighted by molar-refractivity contribution is 4.97. The van der Waals surface area contributed by atoms with Crippen molar-refractivity contribution in [1.29, 1.82) is 0 Å². The molecule has 0 aromatic heterocycles. The van der Waals surface area contributed by atoms with E-state index in [1.54, 1.807) is 0 Å². The largest absolute Gasteiger partial charge is 0.381 e. The lowest BCUT2D eigenvalue weighted by atomic mass is 9.63. The highest BCUT2D eigenvalue weighted by Gasteiger charge is 2.48. The van der Waals surface area contributed by atoms with Crippen LogP contribution in [-0.4, -0.2) is 44.2 Å². The first-order valence-corrected chi connectivity index (χ1v) is 19.3. The lowest BCUT2D eigenvalue weighted by molar-refractivity contribution is -0.363. The number of hydrogen-bond donors (Lipinski definition) is 1. The Hall–Kier alpha value is -0.240. The molecule has 44 heavy (non-hydrogen) atoms. The minimum absolute atomic E-state index is 0.0646. The number of unbranched alkanes of at least 4 members (excludes halogenated alkanes) is 10. The van der Waals surface area contributed by atoms with Gasteiger partial charge in [0.15, 0.2) is 0 Å². The van der Waals surface area contributed by atoms with Gasteiger partial charge in [-0.25, -0.2) is 4.89 Å². The van der Waals surface area contributed by atoms with Crippen molar-refractivity contribution in [3.05, 3.63) is 0 Å². The summed E-state index contributed by atoms with van der Waals surface area (Å²) < 4.78 is 19.2. The van der Waals surface area contributed by atoms with E-state index in [2.05, 4.69) is 27.7 Å². The summed E-state index contributed by atoms with van der Waals surface area (Å²) in [5, 5.41) is 0. The van der Waals surface area contributed by atoms with Gasteiger partial charge in [-0.15, -0.1) is 4.99 Å². The number of rotatable bonds is 22. The molecule has 3 aliphatic carbocycles. The zero-order chi connectivity index (χ0) is 31.6. The van der Waals surface area contributed by atoms with Crippen molar-refractivity contribution < 1.29 is 24.1 Å². The maximum absolute atomic E-state index is 6.63. The van der Waals surface area contributed by atoms with Crippen molar-refractivity contribution in [2.75, 3.05) is 13.7 Å². The van der Waals surface area contributed by atoms with E-state index < -0.39 is 0 Å². The fourth-order valence-electron chi connectivity index (χ4n) is 9.13. The molecule has 0 spiro atoms. The second kappa shape index (κ2) is 22.4. The number of nitrogens with two attached hydrogens (primary N) is 1. The Bertz CT molecular complexity index is 691. The van der Waals surface area contributed by atoms with Crippen molar-refractivity contribution in [3.8, 4) is 0 Å². The van der Waals surface area contributed by atoms with E-state index in [0.29, 0.717) is 17.9 Å². The fraction of sp³-hybridized carbons (Fsp3) is 1.00. The molecule has 0 heterocycles. The lowest BCUT2D eigenvalue weighted by Gasteiger charge is -2.49. The summed E-state index contributed by atoms with van der Waals surface area (Å²) >= 11 is 0. The van der Waals surface area contributed by atoms with Crippen LogP contribution in [0.3, 0.4) is 0 Å². The Labute approximate surface area is 272 Å². The quantitative estimate of drug-likeness (QED) is 0.0735. The molecule has 0 aromatic carbocycles. The lowest BCUT2D eigenvalue weighted by Crippen LogP contribution is -2.54. The maximum atomic E-state index is 6.63. The third-order valence-corrected chi connectivity index (χ3v) is 11.8. The van der Waals surface area contributed by atoms with Gasteiger partial charge in [-0.05, 0) is 101 Å². The molecule has 0 bridgehead atoms. The monoisotopic (exact) mass is 624 g/mol. The summed E-state index contributed by atoms with van der Waals surface area (Å²) in [6.07, 6.45) is 29.2. The van der Waals surface area contributed by atoms with Crippen LogP contribution >= 0.6 is 0 Å². The van der Waals surface area contributed by atoms with Gasteiger partial charge in [0, 0.05) is 19.6 Å². The molecule has 3 rings (SSSR count). The molecular formula is C38H73NO5. The Morgan fingerprint density at radius 1 is 0.682 bits per heavy atom. The van der Waals surface area contributed by atoms with Crippen LogP contribution in [0.2, 0.25) is 0 Å². The molecule has 0 aliphatic heterocycles. The first-order valence-electron chi connectivity index (χ1n) is 19.3. The number of ether oxygens (including phenoxy) is 3. The van der Waals surface area contributed by atoms with Gasteiger partial charge in [0.1, 0.15) is 6.10 Å². The molecule has 6 heteroatoms. The Balaban J connectivity index is 1.38. The van der Waals surface area contributed by atoms with Crippen LogP contribution in [0.15, 0.2) is 0 Å². The molecule has 0 aromatic rings. The zero-order valence-corrected chi connectivity index (χ0v) is 29.7. The van der Waals surface area contributed by atoms with Crippen molar-refractivity contribution >= 4 is 0 Å². The van der Waals surface area contributed by atoms with Crippen molar-refractivity contribution in [3.63, 3.8) is 0 Å². The minimum Gasteiger partial charge on any atom is -0.381 e. The molecule has 0 radical (unpaired) electrons. The van der Waals surface area contributed by atoms with Crippen LogP contribution in [0, 0.1) is 29.6 Å². The first-order chi connectivity index (χ1) is 21.5. The third-order valence-electron chi connectivity index (χ3n) is 11.8. The van der Waals surface area contributed by atoms with Crippen LogP contribution in [0.25, 0.3) is 0 Å². The summed E-state index contributed by atoms with van der Waals surface area (Å²) in [5.74, 6) is 8.58. The van der Waals surface area contributed by atoms with Gasteiger partial charge in [0.25, 0.3) is 0 Å². The molecule has 6 atom stereocenters. The van der Waals surface area contributed by atoms with E-state index in [4.69, 9.17) is 30.0 Å². The van der Waals surface area contributed by atoms with Crippen LogP contribution in [0.5, 0.6) is 0 Å². The van der Waals surface area contributed by atoms with Gasteiger partial charge < -0.3 is 14.2 Å². The van der Waals surface area contributed by atoms with Gasteiger partial charge in [0.05, 0.1) is 24.4 Å². The van der Waals surface area contributed by atoms with E-state index in [-0.39, 0.29) is 30.3 Å². The second-order valence-electron chi connectivity index (χ2n) is 15.0. The van der Waals surface area contributed by atoms with Crippen molar-refractivity contribution in [2.24, 2.45) is 35.5 Å². The van der Waals surface area contributed by atoms with E-state index in [9.17, 15) is 0 Å². The van der Waals surface area contributed by atoms with Crippen LogP contribution in [0.1, 0.15) is 169 Å². The Morgan fingerprint density at radius 2 is 1.23 bits per heavy atom. The van der Waals surface area contributed by atoms with E-state index in [0.717, 1.165) is 31.3 Å². The minimum atomic E-state index is -0.150. The molecule has 2 N–H and O–H groups in total. The maximum Gasteiger partial charge on any atom is 0.122 e. The molecule has 260 valence electrons.